The molecule has 0 spiro atoms. The Labute approximate surface area is 236 Å². The molecule has 0 saturated carbocycles. The number of nitrogens with zero attached hydrogens (tertiary/aromatic N) is 1. The van der Waals surface area contributed by atoms with Crippen molar-refractivity contribution in [2.24, 2.45) is 5.10 Å². The lowest BCUT2D eigenvalue weighted by Gasteiger charge is -2.06. The van der Waals surface area contributed by atoms with Gasteiger partial charge in [-0.05, 0) is 60.2 Å². The zero-order valence-corrected chi connectivity index (χ0v) is 21.8. The van der Waals surface area contributed by atoms with Crippen LogP contribution < -0.4 is 14.9 Å². The molecule has 0 atom stereocenters. The Morgan fingerprint density at radius 1 is 0.650 bits per heavy atom. The number of carbonyl (C=O) groups is 3. The molecule has 8 heteroatoms. The van der Waals surface area contributed by atoms with Crippen LogP contribution in [0.4, 0.5) is 0 Å². The zero-order chi connectivity index (χ0) is 28.2. The van der Waals surface area contributed by atoms with E-state index in [4.69, 9.17) is 21.1 Å². The lowest BCUT2D eigenvalue weighted by Crippen LogP contribution is -2.17. The lowest BCUT2D eigenvalue weighted by molar-refractivity contribution is -0.129. The number of benzene rings is 4. The van der Waals surface area contributed by atoms with Crippen molar-refractivity contribution in [2.75, 3.05) is 0 Å². The van der Waals surface area contributed by atoms with E-state index in [9.17, 15) is 14.4 Å². The summed E-state index contributed by atoms with van der Waals surface area (Å²) in [6, 6.07) is 29.3. The van der Waals surface area contributed by atoms with E-state index < -0.39 is 17.8 Å². The second-order valence-corrected chi connectivity index (χ2v) is 8.64. The fraction of sp³-hybridized carbons (Fsp3) is 0. The van der Waals surface area contributed by atoms with Crippen molar-refractivity contribution >= 4 is 47.8 Å². The summed E-state index contributed by atoms with van der Waals surface area (Å²) >= 11 is 5.85. The Balaban J connectivity index is 1.37. The van der Waals surface area contributed by atoms with E-state index in [0.717, 1.165) is 5.56 Å². The minimum absolute atomic E-state index is 0.243. The summed E-state index contributed by atoms with van der Waals surface area (Å²) in [6.07, 6.45) is 7.08. The zero-order valence-electron chi connectivity index (χ0n) is 21.1. The van der Waals surface area contributed by atoms with Crippen LogP contribution >= 0.6 is 11.6 Å². The third-order valence-corrected chi connectivity index (χ3v) is 5.60. The number of hydrogen-bond donors (Lipinski definition) is 1. The second kappa shape index (κ2) is 14.0. The van der Waals surface area contributed by atoms with E-state index in [1.54, 1.807) is 78.9 Å². The second-order valence-electron chi connectivity index (χ2n) is 8.20. The molecule has 1 amide bonds. The molecule has 0 unspecified atom stereocenters. The summed E-state index contributed by atoms with van der Waals surface area (Å²) in [5, 5.41) is 4.47. The number of esters is 2. The third kappa shape index (κ3) is 8.37. The quantitative estimate of drug-likeness (QED) is 0.0862. The Morgan fingerprint density at radius 2 is 1.20 bits per heavy atom. The van der Waals surface area contributed by atoms with Gasteiger partial charge in [0.2, 0.25) is 0 Å². The molecule has 7 nitrogen and oxygen atoms in total. The van der Waals surface area contributed by atoms with Gasteiger partial charge >= 0.3 is 11.9 Å². The van der Waals surface area contributed by atoms with Gasteiger partial charge in [-0.1, -0.05) is 72.3 Å². The number of rotatable bonds is 9. The van der Waals surface area contributed by atoms with Gasteiger partial charge in [-0.3, -0.25) is 4.79 Å². The first kappa shape index (κ1) is 27.8. The minimum Gasteiger partial charge on any atom is -0.423 e. The van der Waals surface area contributed by atoms with E-state index in [0.29, 0.717) is 27.5 Å². The number of carbonyl (C=O) groups excluding carboxylic acids is 3. The number of hydrogen-bond acceptors (Lipinski definition) is 6. The van der Waals surface area contributed by atoms with E-state index >= 15 is 0 Å². The molecule has 198 valence electrons. The topological polar surface area (TPSA) is 94.1 Å². The maximum absolute atomic E-state index is 12.6. The first-order valence-electron chi connectivity index (χ1n) is 12.1. The predicted molar refractivity (Wildman–Crippen MR) is 155 cm³/mol. The highest BCUT2D eigenvalue weighted by Crippen LogP contribution is 2.21. The van der Waals surface area contributed by atoms with E-state index in [-0.39, 0.29) is 5.75 Å². The molecule has 0 radical (unpaired) electrons. The highest BCUT2D eigenvalue weighted by molar-refractivity contribution is 6.30. The molecule has 4 aromatic carbocycles. The molecular weight excluding hydrogens is 528 g/mol. The summed E-state index contributed by atoms with van der Waals surface area (Å²) in [7, 11) is 0. The van der Waals surface area contributed by atoms with Crippen LogP contribution in [0.25, 0.3) is 12.2 Å². The van der Waals surface area contributed by atoms with Crippen LogP contribution in [0.5, 0.6) is 11.5 Å². The van der Waals surface area contributed by atoms with Crippen LogP contribution in [0, 0.1) is 0 Å². The van der Waals surface area contributed by atoms with Gasteiger partial charge in [0.1, 0.15) is 11.5 Å². The molecule has 0 aromatic heterocycles. The summed E-state index contributed by atoms with van der Waals surface area (Å²) < 4.78 is 10.9. The van der Waals surface area contributed by atoms with Gasteiger partial charge in [-0.15, -0.1) is 0 Å². The fourth-order valence-corrected chi connectivity index (χ4v) is 3.51. The van der Waals surface area contributed by atoms with Crippen molar-refractivity contribution in [3.05, 3.63) is 143 Å². The van der Waals surface area contributed by atoms with Gasteiger partial charge in [-0.2, -0.15) is 5.10 Å². The number of para-hydroxylation sites is 2. The molecule has 0 aliphatic carbocycles. The summed E-state index contributed by atoms with van der Waals surface area (Å²) in [5.74, 6) is -1.09. The van der Waals surface area contributed by atoms with Crippen LogP contribution in [0.15, 0.2) is 120 Å². The van der Waals surface area contributed by atoms with Crippen molar-refractivity contribution in [2.45, 2.75) is 0 Å². The number of ether oxygens (including phenoxy) is 2. The monoisotopic (exact) mass is 550 g/mol. The highest BCUT2D eigenvalue weighted by atomic mass is 35.5. The van der Waals surface area contributed by atoms with Crippen LogP contribution in [0.2, 0.25) is 5.02 Å². The van der Waals surface area contributed by atoms with Gasteiger partial charge in [0.05, 0.1) is 6.21 Å². The summed E-state index contributed by atoms with van der Waals surface area (Å²) in [5.41, 5.74) is 4.67. The third-order valence-electron chi connectivity index (χ3n) is 5.35. The van der Waals surface area contributed by atoms with Gasteiger partial charge in [0.25, 0.3) is 5.91 Å². The van der Waals surface area contributed by atoms with Gasteiger partial charge in [-0.25, -0.2) is 15.0 Å². The molecule has 0 saturated heterocycles. The van der Waals surface area contributed by atoms with Crippen LogP contribution in [-0.2, 0) is 9.59 Å². The number of nitrogens with one attached hydrogen (secondary N) is 1. The van der Waals surface area contributed by atoms with Crippen LogP contribution in [-0.4, -0.2) is 24.1 Å². The van der Waals surface area contributed by atoms with E-state index in [1.165, 1.54) is 24.4 Å². The molecule has 0 fully saturated rings. The molecule has 4 aromatic rings. The number of hydrazone groups is 1. The molecule has 0 aliphatic heterocycles. The molecule has 0 heterocycles. The molecule has 4 rings (SSSR count). The molecular formula is C32H23ClN2O5. The smallest absolute Gasteiger partial charge is 0.336 e. The highest BCUT2D eigenvalue weighted by Gasteiger charge is 2.09. The SMILES string of the molecule is O=C(/C=C/c1ccccc1)Oc1ccccc1/C=C/C(=O)Oc1ccccc1/C=N/NC(=O)c1ccc(Cl)cc1. The lowest BCUT2D eigenvalue weighted by atomic mass is 10.2. The Hall–Kier alpha value is -5.27. The first-order valence-corrected chi connectivity index (χ1v) is 12.5. The van der Waals surface area contributed by atoms with E-state index in [1.807, 2.05) is 30.3 Å². The first-order chi connectivity index (χ1) is 19.5. The summed E-state index contributed by atoms with van der Waals surface area (Å²) in [6.45, 7) is 0. The molecule has 0 bridgehead atoms. The van der Waals surface area contributed by atoms with Crippen molar-refractivity contribution in [1.29, 1.82) is 0 Å². The van der Waals surface area contributed by atoms with Crippen molar-refractivity contribution in [3.8, 4) is 11.5 Å². The maximum Gasteiger partial charge on any atom is 0.336 e. The van der Waals surface area contributed by atoms with Crippen LogP contribution in [0.3, 0.4) is 0 Å². The normalized spacial score (nSPS) is 11.1. The average Bonchev–Trinajstić information content (AvgIpc) is 2.97. The fourth-order valence-electron chi connectivity index (χ4n) is 3.39. The summed E-state index contributed by atoms with van der Waals surface area (Å²) in [4.78, 5) is 37.1. The average molecular weight is 551 g/mol. The van der Waals surface area contributed by atoms with Crippen molar-refractivity contribution < 1.29 is 23.9 Å². The van der Waals surface area contributed by atoms with E-state index in [2.05, 4.69) is 10.5 Å². The Kier molecular flexibility index (Phi) is 9.74. The number of halogens is 1. The molecule has 40 heavy (non-hydrogen) atoms. The minimum atomic E-state index is -0.656. The maximum atomic E-state index is 12.6. The molecule has 1 N–H and O–H groups in total. The van der Waals surface area contributed by atoms with Gasteiger partial charge in [0, 0.05) is 33.9 Å². The van der Waals surface area contributed by atoms with Crippen molar-refractivity contribution in [1.82, 2.24) is 5.43 Å². The predicted octanol–water partition coefficient (Wildman–Crippen LogP) is 6.34. The Bertz CT molecular complexity index is 1580. The standard InChI is InChI=1S/C32H23ClN2O5/c33-27-18-15-25(16-19-27)32(38)35-34-22-26-11-5-7-13-29(26)40-31(37)21-17-24-10-4-6-12-28(24)39-30(36)20-14-23-8-2-1-3-9-23/h1-22H,(H,35,38)/b20-14+,21-17+,34-22+. The largest absolute Gasteiger partial charge is 0.423 e. The van der Waals surface area contributed by atoms with Gasteiger partial charge < -0.3 is 9.47 Å². The van der Waals surface area contributed by atoms with Crippen molar-refractivity contribution in [3.63, 3.8) is 0 Å². The van der Waals surface area contributed by atoms with Crippen LogP contribution in [0.1, 0.15) is 27.0 Å². The number of amides is 1. The Morgan fingerprint density at radius 3 is 1.88 bits per heavy atom. The molecule has 0 aliphatic rings. The van der Waals surface area contributed by atoms with Gasteiger partial charge in [0.15, 0.2) is 0 Å².